The normalized spacial score (nSPS) is 14.5. The van der Waals surface area contributed by atoms with Crippen molar-refractivity contribution in [1.82, 2.24) is 96.0 Å². The van der Waals surface area contributed by atoms with Gasteiger partial charge in [0, 0.05) is 122 Å². The molecule has 0 aliphatic carbocycles. The van der Waals surface area contributed by atoms with Gasteiger partial charge in [0.05, 0.1) is 39.1 Å². The smallest absolute Gasteiger partial charge is 0.391 e. The van der Waals surface area contributed by atoms with Crippen LogP contribution in [0.25, 0.3) is 100 Å². The average Bonchev–Trinajstić information content (AvgIpc) is 1.71. The molecule has 28 nitrogen and oxygen atoms in total. The molecule has 13 aromatic rings. The molecule has 614 valence electrons. The van der Waals surface area contributed by atoms with E-state index in [1.54, 1.807) is 90.0 Å². The molecule has 1 aliphatic rings. The van der Waals surface area contributed by atoms with Crippen molar-refractivity contribution >= 4 is 148 Å². The number of amides is 4. The van der Waals surface area contributed by atoms with Crippen molar-refractivity contribution in [2.75, 3.05) is 53.6 Å². The van der Waals surface area contributed by atoms with Crippen molar-refractivity contribution in [1.29, 1.82) is 0 Å². The number of carbonyl (C=O) groups excluding carboxylic acids is 4. The van der Waals surface area contributed by atoms with Crippen LogP contribution in [0.15, 0.2) is 129 Å². The van der Waals surface area contributed by atoms with Crippen molar-refractivity contribution in [3.63, 3.8) is 0 Å². The maximum Gasteiger partial charge on any atom is 0.405 e. The Labute approximate surface area is 668 Å². The molecule has 1 aliphatic heterocycles. The van der Waals surface area contributed by atoms with Gasteiger partial charge in [0.1, 0.15) is 78.9 Å². The maximum atomic E-state index is 14.6. The summed E-state index contributed by atoms with van der Waals surface area (Å²) < 4.78 is 176. The zero-order chi connectivity index (χ0) is 84.6. The van der Waals surface area contributed by atoms with Crippen LogP contribution < -0.4 is 42.1 Å². The van der Waals surface area contributed by atoms with Crippen LogP contribution in [0, 0.1) is 11.6 Å². The van der Waals surface area contributed by atoms with Gasteiger partial charge in [-0.2, -0.15) is 52.7 Å². The van der Waals surface area contributed by atoms with Gasteiger partial charge >= 0.3 is 24.7 Å². The fourth-order valence-electron chi connectivity index (χ4n) is 11.4. The molecule has 46 heteroatoms. The molecule has 11 aromatic heterocycles. The first-order valence-electron chi connectivity index (χ1n) is 34.1. The molecule has 2 aromatic carbocycles. The maximum absolute atomic E-state index is 14.6. The Kier molecular flexibility index (Phi) is 26.3. The number of alkyl halides is 12. The van der Waals surface area contributed by atoms with E-state index < -0.39 is 116 Å². The average molecular weight is 1720 g/mol. The van der Waals surface area contributed by atoms with Crippen molar-refractivity contribution in [3.8, 4) is 45.6 Å². The lowest BCUT2D eigenvalue weighted by Gasteiger charge is -2.25. The van der Waals surface area contributed by atoms with E-state index in [9.17, 15) is 85.8 Å². The Hall–Kier alpha value is -12.2. The molecule has 1 fully saturated rings. The van der Waals surface area contributed by atoms with Gasteiger partial charge in [-0.1, -0.05) is 58.5 Å². The predicted molar refractivity (Wildman–Crippen MR) is 405 cm³/mol. The lowest BCUT2D eigenvalue weighted by molar-refractivity contribution is -0.139. The first-order valence-corrected chi connectivity index (χ1v) is 35.6. The number of hydrogen-bond donors (Lipinski definition) is 12. The standard InChI is InChI=1S/C20H16ClF3N6O.C18H15ClF4N6O2.C17H15ClF3N5O.C16H13ClF4N6O/c1-10(19(31)27-9-20(22,23)24)28-17-12-4-2-3-5-15(12)29-18(30-17)14-8-26-16-13(14)6-11(21)7-25-16;19-8-1-10-11(4-25-14(10)24-3-8)15-26-5-12(20)16(28-15)29-6-9(30)2-13(29)17(31)27-7-18(21,22)23;1-9(16(27)24-8-17(19,20)21)25-14-4-5-22-15(26-14)12-7-23-13-3-2-10(18)6-11(12)13;1-7(15(28)25-6-16(19,20)21)26-14-11(18)5-24-13(27-14)10-4-23-12-9(10)2-8(17)3-22-12/h2-8,10H,9H2,1H3,(H,25,26)(H,27,31)(H,28,29,30);1,3-5,9,13,30H,2,6-7H2,(H,24,25)(H,27,31);2-7,9,23H,8H2,1H3,(H,24,27)(H,22,25,26);2-5,7H,6H2,1H3,(H,22,23)(H,25,28)(H,24,26,27)/t10-;9-,13-;9-;7-/m1111/s1. The number of benzene rings is 2. The van der Waals surface area contributed by atoms with Crippen LogP contribution in [0.2, 0.25) is 20.1 Å². The zero-order valence-corrected chi connectivity index (χ0v) is 63.0. The second-order valence-corrected chi connectivity index (χ2v) is 27.3. The number of H-pyrrole nitrogens is 4. The molecule has 0 spiro atoms. The second kappa shape index (κ2) is 35.9. The Bertz CT molecular complexity index is 5790. The van der Waals surface area contributed by atoms with Crippen molar-refractivity contribution in [2.24, 2.45) is 0 Å². The van der Waals surface area contributed by atoms with Gasteiger partial charge in [0.15, 0.2) is 46.6 Å². The minimum Gasteiger partial charge on any atom is -0.391 e. The zero-order valence-electron chi connectivity index (χ0n) is 60.0. The molecule has 1 saturated heterocycles. The highest BCUT2D eigenvalue weighted by molar-refractivity contribution is 6.32. The fourth-order valence-corrected chi connectivity index (χ4v) is 12.0. The summed E-state index contributed by atoms with van der Waals surface area (Å²) in [6, 6.07) is 14.7. The predicted octanol–water partition coefficient (Wildman–Crippen LogP) is 13.8. The van der Waals surface area contributed by atoms with Gasteiger partial charge in [-0.05, 0) is 75.4 Å². The molecular weight excluding hydrogens is 1660 g/mol. The molecule has 5 atom stereocenters. The number of halogens is 18. The number of β-amino-alcohol motifs (C(OH)–C–C–N with tert-alkyl or cyclic N) is 1. The summed E-state index contributed by atoms with van der Waals surface area (Å²) in [5.41, 5.74) is 5.38. The molecule has 0 bridgehead atoms. The number of nitrogens with zero attached hydrogens (tertiary/aromatic N) is 12. The van der Waals surface area contributed by atoms with E-state index in [0.717, 1.165) is 28.2 Å². The van der Waals surface area contributed by atoms with Crippen molar-refractivity contribution < 1.29 is 85.8 Å². The first kappa shape index (κ1) is 85.7. The number of hydrogen-bond acceptors (Lipinski definition) is 20. The first-order chi connectivity index (χ1) is 55.2. The fraction of sp³-hybridized carbons (Fsp3) is 0.254. The summed E-state index contributed by atoms with van der Waals surface area (Å²) in [7, 11) is 0. The number of rotatable bonds is 19. The summed E-state index contributed by atoms with van der Waals surface area (Å²) in [4.78, 5) is 107. The largest absolute Gasteiger partial charge is 0.405 e. The molecule has 117 heavy (non-hydrogen) atoms. The van der Waals surface area contributed by atoms with E-state index >= 15 is 0 Å². The summed E-state index contributed by atoms with van der Waals surface area (Å²) in [6.45, 7) is -1.82. The SMILES string of the molecule is C[C@@H](Nc1ccnc(-c2c[nH]c3ccc(Cl)cc23)n1)C(=O)NCC(F)(F)F.C[C@@H](Nc1nc(-c2c[nH]c3ncc(Cl)cc23)nc2ccccc12)C(=O)NCC(F)(F)F.C[C@@H](Nc1nc(-c2c[nH]c3ncc(Cl)cc23)ncc1F)C(=O)NCC(F)(F)F.O=C(NCC(F)(F)F)[C@H]1C[C@@H](O)CN1c1nc(-c2c[nH]c3ncc(Cl)cc23)ncc1F. The molecular formula is C71H59Cl4F14N23O5. The summed E-state index contributed by atoms with van der Waals surface area (Å²) >= 11 is 24.0. The Morgan fingerprint density at radius 3 is 1.44 bits per heavy atom. The van der Waals surface area contributed by atoms with Crippen LogP contribution in [0.3, 0.4) is 0 Å². The van der Waals surface area contributed by atoms with Gasteiger partial charge in [-0.15, -0.1) is 0 Å². The van der Waals surface area contributed by atoms with E-state index in [1.807, 2.05) is 16.7 Å². The molecule has 14 rings (SSSR count). The number of carbonyl (C=O) groups is 4. The molecule has 12 heterocycles. The van der Waals surface area contributed by atoms with Crippen LogP contribution in [-0.2, 0) is 19.2 Å². The minimum absolute atomic E-state index is 0.0857. The van der Waals surface area contributed by atoms with Crippen LogP contribution in [0.4, 0.5) is 84.7 Å². The number of aliphatic hydroxyl groups is 1. The van der Waals surface area contributed by atoms with Gasteiger partial charge in [0.2, 0.25) is 23.6 Å². The number of aromatic amines is 4. The van der Waals surface area contributed by atoms with Gasteiger partial charge in [-0.3, -0.25) is 19.2 Å². The Morgan fingerprint density at radius 1 is 0.470 bits per heavy atom. The second-order valence-electron chi connectivity index (χ2n) is 25.6. The lowest BCUT2D eigenvalue weighted by Crippen LogP contribution is -2.46. The van der Waals surface area contributed by atoms with Crippen LogP contribution in [-0.4, -0.2) is 191 Å². The molecule has 0 saturated carbocycles. The molecule has 0 radical (unpaired) electrons. The summed E-state index contributed by atoms with van der Waals surface area (Å²) in [5.74, 6) is -4.36. The third-order valence-corrected chi connectivity index (χ3v) is 17.6. The monoisotopic (exact) mass is 1720 g/mol. The topological polar surface area (TPSA) is 381 Å². The van der Waals surface area contributed by atoms with Crippen LogP contribution in [0.5, 0.6) is 0 Å². The third kappa shape index (κ3) is 22.5. The quantitative estimate of drug-likeness (QED) is 0.0335. The van der Waals surface area contributed by atoms with Gasteiger partial charge in [-0.25, -0.2) is 63.6 Å². The van der Waals surface area contributed by atoms with E-state index in [2.05, 4.69) is 90.7 Å². The van der Waals surface area contributed by atoms with Crippen molar-refractivity contribution in [3.05, 3.63) is 160 Å². The van der Waals surface area contributed by atoms with E-state index in [1.165, 1.54) is 51.6 Å². The number of aromatic nitrogens is 15. The van der Waals surface area contributed by atoms with Crippen LogP contribution >= 0.6 is 46.4 Å². The molecule has 4 amide bonds. The number of para-hydroxylation sites is 1. The van der Waals surface area contributed by atoms with E-state index in [4.69, 9.17) is 46.4 Å². The number of fused-ring (bicyclic) bond motifs is 5. The number of aliphatic hydroxyl groups excluding tert-OH is 1. The highest BCUT2D eigenvalue weighted by Crippen LogP contribution is 2.36. The number of anilines is 4. The lowest BCUT2D eigenvalue weighted by atomic mass is 10.1. The summed E-state index contributed by atoms with van der Waals surface area (Å²) in [6.07, 6.45) is -5.10. The molecule has 12 N–H and O–H groups in total. The Morgan fingerprint density at radius 2 is 0.906 bits per heavy atom. The van der Waals surface area contributed by atoms with Gasteiger partial charge < -0.3 is 67.2 Å². The highest BCUT2D eigenvalue weighted by atomic mass is 35.5. The highest BCUT2D eigenvalue weighted by Gasteiger charge is 2.41. The van der Waals surface area contributed by atoms with E-state index in [-0.39, 0.29) is 36.3 Å². The Balaban J connectivity index is 0.000000153. The van der Waals surface area contributed by atoms with E-state index in [0.29, 0.717) is 110 Å². The number of nitrogens with one attached hydrogen (secondary N) is 11. The molecule has 0 unspecified atom stereocenters. The third-order valence-electron chi connectivity index (χ3n) is 16.8. The van der Waals surface area contributed by atoms with Crippen molar-refractivity contribution in [2.45, 2.75) is 82.2 Å². The minimum atomic E-state index is -4.60. The summed E-state index contributed by atoms with van der Waals surface area (Å²) in [5, 5.41) is 30.4. The number of pyridine rings is 3. The van der Waals surface area contributed by atoms with Gasteiger partial charge in [0.25, 0.3) is 0 Å². The van der Waals surface area contributed by atoms with Crippen LogP contribution in [0.1, 0.15) is 27.2 Å².